The Morgan fingerprint density at radius 2 is 2.27 bits per heavy atom. The molecule has 0 amide bonds. The maximum atomic E-state index is 10.7. The van der Waals surface area contributed by atoms with Crippen LogP contribution in [0, 0.1) is 5.92 Å². The molecule has 0 radical (unpaired) electrons. The minimum atomic E-state index is -1.81. The van der Waals surface area contributed by atoms with Crippen molar-refractivity contribution in [3.63, 3.8) is 0 Å². The van der Waals surface area contributed by atoms with Gasteiger partial charge in [0, 0.05) is 0 Å². The molecule has 0 fully saturated rings. The van der Waals surface area contributed by atoms with Gasteiger partial charge in [0.2, 0.25) is 0 Å². The molecule has 0 aliphatic rings. The number of methoxy groups -OCH3 is 1. The molecule has 0 aromatic rings. The number of hydrogen-bond donors (Lipinski definition) is 1. The van der Waals surface area contributed by atoms with Gasteiger partial charge in [-0.2, -0.15) is 0 Å². The molecular formula is C6H12O4S. The van der Waals surface area contributed by atoms with Crippen molar-refractivity contribution in [2.75, 3.05) is 12.9 Å². The predicted molar refractivity (Wildman–Crippen MR) is 41.4 cm³/mol. The molecule has 0 heterocycles. The maximum Gasteiger partial charge on any atom is 0.308 e. The molecule has 0 bridgehead atoms. The van der Waals surface area contributed by atoms with E-state index in [4.69, 9.17) is 4.55 Å². The molecule has 66 valence electrons. The summed E-state index contributed by atoms with van der Waals surface area (Å²) in [6, 6.07) is 0. The fraction of sp³-hybridized carbons (Fsp3) is 0.833. The average molecular weight is 180 g/mol. The summed E-state index contributed by atoms with van der Waals surface area (Å²) < 4.78 is 23.0. The Morgan fingerprint density at radius 3 is 2.64 bits per heavy atom. The first-order valence-electron chi connectivity index (χ1n) is 3.23. The molecule has 0 aliphatic carbocycles. The van der Waals surface area contributed by atoms with Gasteiger partial charge in [-0.1, -0.05) is 6.92 Å². The van der Waals surface area contributed by atoms with Gasteiger partial charge in [0.05, 0.1) is 18.8 Å². The van der Waals surface area contributed by atoms with E-state index in [1.165, 1.54) is 7.11 Å². The Morgan fingerprint density at radius 1 is 1.73 bits per heavy atom. The third kappa shape index (κ3) is 4.92. The molecule has 4 nitrogen and oxygen atoms in total. The van der Waals surface area contributed by atoms with Crippen molar-refractivity contribution in [3.8, 4) is 0 Å². The summed E-state index contributed by atoms with van der Waals surface area (Å²) in [5.74, 6) is -0.512. The molecule has 0 spiro atoms. The quantitative estimate of drug-likeness (QED) is 0.502. The molecule has 0 aliphatic heterocycles. The lowest BCUT2D eigenvalue weighted by atomic mass is 10.1. The van der Waals surface area contributed by atoms with E-state index in [1.807, 2.05) is 0 Å². The van der Waals surface area contributed by atoms with Gasteiger partial charge in [-0.05, 0) is 6.42 Å². The molecule has 0 saturated heterocycles. The zero-order chi connectivity index (χ0) is 8.85. The second kappa shape index (κ2) is 5.26. The Kier molecular flexibility index (Phi) is 5.06. The monoisotopic (exact) mass is 180 g/mol. The lowest BCUT2D eigenvalue weighted by Gasteiger charge is -2.05. The number of carbonyl (C=O) groups excluding carboxylic acids is 1. The summed E-state index contributed by atoms with van der Waals surface area (Å²) >= 11 is -1.81. The highest BCUT2D eigenvalue weighted by molar-refractivity contribution is 7.79. The van der Waals surface area contributed by atoms with Crippen LogP contribution in [-0.2, 0) is 20.6 Å². The summed E-state index contributed by atoms with van der Waals surface area (Å²) in [5.41, 5.74) is 0. The van der Waals surface area contributed by atoms with Crippen molar-refractivity contribution in [1.82, 2.24) is 0 Å². The Bertz CT molecular complexity index is 157. The van der Waals surface area contributed by atoms with Crippen LogP contribution < -0.4 is 0 Å². The van der Waals surface area contributed by atoms with Gasteiger partial charge in [0.25, 0.3) is 0 Å². The summed E-state index contributed by atoms with van der Waals surface area (Å²) in [5, 5.41) is 0. The van der Waals surface area contributed by atoms with E-state index in [9.17, 15) is 9.00 Å². The first kappa shape index (κ1) is 10.6. The van der Waals surface area contributed by atoms with E-state index >= 15 is 0 Å². The van der Waals surface area contributed by atoms with E-state index in [0.29, 0.717) is 6.42 Å². The van der Waals surface area contributed by atoms with E-state index in [2.05, 4.69) is 4.74 Å². The van der Waals surface area contributed by atoms with Gasteiger partial charge >= 0.3 is 5.97 Å². The summed E-state index contributed by atoms with van der Waals surface area (Å²) in [7, 11) is 1.30. The highest BCUT2D eigenvalue weighted by Gasteiger charge is 2.13. The Balaban J connectivity index is 3.60. The predicted octanol–water partition coefficient (Wildman–Crippen LogP) is 0.407. The van der Waals surface area contributed by atoms with Crippen LogP contribution in [0.15, 0.2) is 0 Å². The van der Waals surface area contributed by atoms with Gasteiger partial charge in [-0.15, -0.1) is 0 Å². The third-order valence-electron chi connectivity index (χ3n) is 1.33. The zero-order valence-electron chi connectivity index (χ0n) is 6.57. The second-order valence-corrected chi connectivity index (χ2v) is 3.29. The van der Waals surface area contributed by atoms with Gasteiger partial charge in [-0.25, -0.2) is 4.21 Å². The number of hydrogen-bond acceptors (Lipinski definition) is 3. The number of esters is 1. The van der Waals surface area contributed by atoms with Crippen molar-refractivity contribution in [1.29, 1.82) is 0 Å². The van der Waals surface area contributed by atoms with Crippen LogP contribution >= 0.6 is 0 Å². The summed E-state index contributed by atoms with van der Waals surface area (Å²) in [4.78, 5) is 10.7. The summed E-state index contributed by atoms with van der Waals surface area (Å²) in [6.07, 6.45) is 0.385. The van der Waals surface area contributed by atoms with E-state index in [0.717, 1.165) is 0 Å². The largest absolute Gasteiger partial charge is 0.469 e. The average Bonchev–Trinajstić information content (AvgIpc) is 1.98. The first-order valence-corrected chi connectivity index (χ1v) is 4.50. The molecule has 11 heavy (non-hydrogen) atoms. The van der Waals surface area contributed by atoms with Gasteiger partial charge < -0.3 is 9.29 Å². The zero-order valence-corrected chi connectivity index (χ0v) is 7.39. The minimum absolute atomic E-state index is 0.121. The number of carbonyl (C=O) groups is 1. The van der Waals surface area contributed by atoms with Crippen LogP contribution in [0.2, 0.25) is 0 Å². The molecule has 0 aromatic carbocycles. The SMILES string of the molecule is COC(=O)C(C)CCS(=O)O. The highest BCUT2D eigenvalue weighted by Crippen LogP contribution is 2.03. The topological polar surface area (TPSA) is 63.6 Å². The van der Waals surface area contributed by atoms with E-state index in [1.54, 1.807) is 6.92 Å². The fourth-order valence-corrected chi connectivity index (χ4v) is 1.15. The smallest absolute Gasteiger partial charge is 0.308 e. The van der Waals surface area contributed by atoms with Crippen molar-refractivity contribution < 1.29 is 18.3 Å². The van der Waals surface area contributed by atoms with Gasteiger partial charge in [-0.3, -0.25) is 4.79 Å². The van der Waals surface area contributed by atoms with Crippen molar-refractivity contribution in [2.24, 2.45) is 5.92 Å². The van der Waals surface area contributed by atoms with E-state index < -0.39 is 11.1 Å². The minimum Gasteiger partial charge on any atom is -0.469 e. The molecule has 5 heteroatoms. The normalized spacial score (nSPS) is 15.5. The van der Waals surface area contributed by atoms with Crippen LogP contribution in [0.4, 0.5) is 0 Å². The molecule has 0 aromatic heterocycles. The molecule has 2 atom stereocenters. The van der Waals surface area contributed by atoms with Crippen LogP contribution in [-0.4, -0.2) is 27.6 Å². The van der Waals surface area contributed by atoms with Crippen molar-refractivity contribution >= 4 is 17.0 Å². The third-order valence-corrected chi connectivity index (χ3v) is 1.91. The first-order chi connectivity index (χ1) is 5.07. The van der Waals surface area contributed by atoms with Crippen LogP contribution in [0.25, 0.3) is 0 Å². The van der Waals surface area contributed by atoms with Crippen LogP contribution in [0.1, 0.15) is 13.3 Å². The van der Waals surface area contributed by atoms with Crippen LogP contribution in [0.3, 0.4) is 0 Å². The van der Waals surface area contributed by atoms with Gasteiger partial charge in [0.1, 0.15) is 0 Å². The van der Waals surface area contributed by atoms with Crippen molar-refractivity contribution in [3.05, 3.63) is 0 Å². The molecule has 2 unspecified atom stereocenters. The van der Waals surface area contributed by atoms with Gasteiger partial charge in [0.15, 0.2) is 11.1 Å². The number of ether oxygens (including phenoxy) is 1. The number of rotatable bonds is 4. The summed E-state index contributed by atoms with van der Waals surface area (Å²) in [6.45, 7) is 1.67. The fourth-order valence-electron chi connectivity index (χ4n) is 0.597. The molecular weight excluding hydrogens is 168 g/mol. The lowest BCUT2D eigenvalue weighted by Crippen LogP contribution is -2.15. The molecule has 1 N–H and O–H groups in total. The van der Waals surface area contributed by atoms with E-state index in [-0.39, 0.29) is 17.6 Å². The molecule has 0 saturated carbocycles. The molecule has 0 rings (SSSR count). The maximum absolute atomic E-state index is 10.7. The Labute approximate surface area is 68.2 Å². The van der Waals surface area contributed by atoms with Crippen LogP contribution in [0.5, 0.6) is 0 Å². The highest BCUT2D eigenvalue weighted by atomic mass is 32.2. The standard InChI is InChI=1S/C6H12O4S/c1-5(6(7)10-2)3-4-11(8)9/h5H,3-4H2,1-2H3,(H,8,9). The second-order valence-electron chi connectivity index (χ2n) is 2.24. The lowest BCUT2D eigenvalue weighted by molar-refractivity contribution is -0.144. The Hall–Kier alpha value is -0.420. The van der Waals surface area contributed by atoms with Crippen molar-refractivity contribution in [2.45, 2.75) is 13.3 Å².